The summed E-state index contributed by atoms with van der Waals surface area (Å²) in [5.74, 6) is -0.628. The van der Waals surface area contributed by atoms with Gasteiger partial charge in [0.1, 0.15) is 11.6 Å². The zero-order valence-electron chi connectivity index (χ0n) is 10.9. The molecule has 5 heteroatoms. The average molecular weight is 243 g/mol. The fourth-order valence-electron chi connectivity index (χ4n) is 1.91. The molecule has 1 N–H and O–H groups in total. The maximum absolute atomic E-state index is 11.9. The summed E-state index contributed by atoms with van der Waals surface area (Å²) >= 11 is 0. The van der Waals surface area contributed by atoms with Crippen molar-refractivity contribution >= 4 is 12.1 Å². The molecule has 1 rings (SSSR count). The number of aliphatic carboxylic acids is 1. The Balaban J connectivity index is 2.73. The van der Waals surface area contributed by atoms with Crippen molar-refractivity contribution in [2.75, 3.05) is 6.54 Å². The summed E-state index contributed by atoms with van der Waals surface area (Å²) in [6.45, 7) is 7.77. The van der Waals surface area contributed by atoms with Gasteiger partial charge >= 0.3 is 12.1 Å². The van der Waals surface area contributed by atoms with Gasteiger partial charge in [-0.15, -0.1) is 0 Å². The molecule has 0 radical (unpaired) electrons. The molecule has 0 aromatic heterocycles. The van der Waals surface area contributed by atoms with Crippen LogP contribution >= 0.6 is 0 Å². The molecule has 0 aliphatic carbocycles. The number of likely N-dealkylation sites (tertiary alicyclic amines) is 1. The van der Waals surface area contributed by atoms with Crippen molar-refractivity contribution < 1.29 is 19.4 Å². The third-order valence-corrected chi connectivity index (χ3v) is 2.78. The van der Waals surface area contributed by atoms with Gasteiger partial charge in [-0.3, -0.25) is 4.90 Å². The maximum atomic E-state index is 11.9. The Labute approximate surface area is 102 Å². The first kappa shape index (κ1) is 13.8. The monoisotopic (exact) mass is 243 g/mol. The number of carbonyl (C=O) groups excluding carboxylic acids is 1. The van der Waals surface area contributed by atoms with Crippen LogP contribution in [-0.4, -0.2) is 40.3 Å². The smallest absolute Gasteiger partial charge is 0.411 e. The van der Waals surface area contributed by atoms with E-state index in [0.29, 0.717) is 18.9 Å². The highest BCUT2D eigenvalue weighted by molar-refractivity contribution is 5.80. The number of carboxylic acids is 1. The van der Waals surface area contributed by atoms with E-state index in [1.165, 1.54) is 4.90 Å². The van der Waals surface area contributed by atoms with Gasteiger partial charge in [0.2, 0.25) is 0 Å². The summed E-state index contributed by atoms with van der Waals surface area (Å²) in [5.41, 5.74) is -0.594. The molecule has 1 saturated heterocycles. The number of carboxylic acid groups (broad SMARTS) is 1. The zero-order chi connectivity index (χ0) is 13.2. The van der Waals surface area contributed by atoms with Crippen LogP contribution in [0.5, 0.6) is 0 Å². The molecule has 0 bridgehead atoms. The van der Waals surface area contributed by atoms with Crippen molar-refractivity contribution in [2.45, 2.75) is 52.2 Å². The van der Waals surface area contributed by atoms with Crippen molar-refractivity contribution in [1.29, 1.82) is 0 Å². The Morgan fingerprint density at radius 1 is 1.35 bits per heavy atom. The third kappa shape index (κ3) is 3.91. The van der Waals surface area contributed by atoms with Crippen LogP contribution in [0, 0.1) is 5.92 Å². The fraction of sp³-hybridized carbons (Fsp3) is 0.833. The van der Waals surface area contributed by atoms with Crippen molar-refractivity contribution in [3.05, 3.63) is 0 Å². The van der Waals surface area contributed by atoms with E-state index < -0.39 is 23.7 Å². The van der Waals surface area contributed by atoms with Crippen molar-refractivity contribution in [1.82, 2.24) is 4.90 Å². The number of hydrogen-bond acceptors (Lipinski definition) is 3. The largest absolute Gasteiger partial charge is 0.480 e. The first-order chi connectivity index (χ1) is 7.70. The van der Waals surface area contributed by atoms with Gasteiger partial charge in [-0.1, -0.05) is 6.92 Å². The van der Waals surface area contributed by atoms with Crippen LogP contribution in [0.4, 0.5) is 4.79 Å². The Bertz CT molecular complexity index is 308. The number of amides is 1. The van der Waals surface area contributed by atoms with Crippen LogP contribution in [-0.2, 0) is 9.53 Å². The van der Waals surface area contributed by atoms with Gasteiger partial charge in [0.25, 0.3) is 0 Å². The summed E-state index contributed by atoms with van der Waals surface area (Å²) in [4.78, 5) is 24.3. The quantitative estimate of drug-likeness (QED) is 0.766. The number of ether oxygens (including phenoxy) is 1. The highest BCUT2D eigenvalue weighted by Gasteiger charge is 2.36. The molecule has 0 spiro atoms. The Morgan fingerprint density at radius 3 is 2.41 bits per heavy atom. The van der Waals surface area contributed by atoms with Gasteiger partial charge < -0.3 is 9.84 Å². The van der Waals surface area contributed by atoms with Gasteiger partial charge in [-0.2, -0.15) is 0 Å². The van der Waals surface area contributed by atoms with E-state index in [2.05, 4.69) is 0 Å². The van der Waals surface area contributed by atoms with Crippen LogP contribution < -0.4 is 0 Å². The lowest BCUT2D eigenvalue weighted by molar-refractivity contribution is -0.145. The molecule has 98 valence electrons. The van der Waals surface area contributed by atoms with Crippen molar-refractivity contribution in [3.63, 3.8) is 0 Å². The van der Waals surface area contributed by atoms with Crippen molar-refractivity contribution in [3.8, 4) is 0 Å². The lowest BCUT2D eigenvalue weighted by atomic mass is 9.93. The molecule has 0 aromatic carbocycles. The summed E-state index contributed by atoms with van der Waals surface area (Å²) < 4.78 is 5.22. The van der Waals surface area contributed by atoms with Crippen LogP contribution in [0.3, 0.4) is 0 Å². The summed E-state index contributed by atoms with van der Waals surface area (Å²) in [6, 6.07) is -0.756. The van der Waals surface area contributed by atoms with Gasteiger partial charge in [0.05, 0.1) is 0 Å². The third-order valence-electron chi connectivity index (χ3n) is 2.78. The molecule has 5 nitrogen and oxygen atoms in total. The molecule has 0 saturated carbocycles. The number of nitrogens with zero attached hydrogens (tertiary/aromatic N) is 1. The predicted octanol–water partition coefficient (Wildman–Crippen LogP) is 2.11. The van der Waals surface area contributed by atoms with Crippen LogP contribution in [0.15, 0.2) is 0 Å². The molecule has 1 aliphatic rings. The molecule has 2 atom stereocenters. The van der Waals surface area contributed by atoms with E-state index in [4.69, 9.17) is 9.84 Å². The minimum atomic E-state index is -0.956. The first-order valence-electron chi connectivity index (χ1n) is 5.93. The first-order valence-corrected chi connectivity index (χ1v) is 5.93. The van der Waals surface area contributed by atoms with Gasteiger partial charge in [-0.05, 0) is 39.5 Å². The number of carbonyl (C=O) groups is 2. The summed E-state index contributed by atoms with van der Waals surface area (Å²) in [6.07, 6.45) is 0.786. The molecular formula is C12H21NO4. The van der Waals surface area contributed by atoms with Crippen LogP contribution in [0.2, 0.25) is 0 Å². The Kier molecular flexibility index (Phi) is 4.01. The van der Waals surface area contributed by atoms with E-state index >= 15 is 0 Å². The number of rotatable bonds is 1. The second-order valence-electron chi connectivity index (χ2n) is 5.66. The van der Waals surface area contributed by atoms with E-state index in [0.717, 1.165) is 6.42 Å². The summed E-state index contributed by atoms with van der Waals surface area (Å²) in [7, 11) is 0. The van der Waals surface area contributed by atoms with Crippen LogP contribution in [0.25, 0.3) is 0 Å². The molecule has 1 amide bonds. The van der Waals surface area contributed by atoms with Gasteiger partial charge in [-0.25, -0.2) is 9.59 Å². The molecule has 0 aromatic rings. The second kappa shape index (κ2) is 4.94. The summed E-state index contributed by atoms with van der Waals surface area (Å²) in [5, 5.41) is 9.12. The zero-order valence-corrected chi connectivity index (χ0v) is 10.9. The van der Waals surface area contributed by atoms with Crippen LogP contribution in [0.1, 0.15) is 40.5 Å². The highest BCUT2D eigenvalue weighted by atomic mass is 16.6. The number of hydrogen-bond donors (Lipinski definition) is 1. The second-order valence-corrected chi connectivity index (χ2v) is 5.66. The minimum Gasteiger partial charge on any atom is -0.480 e. The molecule has 1 unspecified atom stereocenters. The predicted molar refractivity (Wildman–Crippen MR) is 62.8 cm³/mol. The molecular weight excluding hydrogens is 222 g/mol. The lowest BCUT2D eigenvalue weighted by Gasteiger charge is -2.36. The Morgan fingerprint density at radius 2 is 1.94 bits per heavy atom. The number of piperidine rings is 1. The molecule has 1 aliphatic heterocycles. The standard InChI is InChI=1S/C12H21NO4/c1-8-5-6-13(9(7-8)10(14)15)11(16)17-12(2,3)4/h8-9H,5-7H2,1-4H3,(H,14,15)/t8-,9?/m1/s1. The van der Waals surface area contributed by atoms with Crippen molar-refractivity contribution in [2.24, 2.45) is 5.92 Å². The van der Waals surface area contributed by atoms with E-state index in [-0.39, 0.29) is 0 Å². The van der Waals surface area contributed by atoms with Gasteiger partial charge in [0, 0.05) is 6.54 Å². The fourth-order valence-corrected chi connectivity index (χ4v) is 1.91. The van der Waals surface area contributed by atoms with E-state index in [9.17, 15) is 9.59 Å². The molecule has 17 heavy (non-hydrogen) atoms. The average Bonchev–Trinajstić information content (AvgIpc) is 2.14. The topological polar surface area (TPSA) is 66.8 Å². The van der Waals surface area contributed by atoms with Gasteiger partial charge in [0.15, 0.2) is 0 Å². The SMILES string of the molecule is C[C@@H]1CCN(C(=O)OC(C)(C)C)C(C(=O)O)C1. The maximum Gasteiger partial charge on any atom is 0.411 e. The minimum absolute atomic E-state index is 0.329. The molecule has 1 fully saturated rings. The highest BCUT2D eigenvalue weighted by Crippen LogP contribution is 2.24. The lowest BCUT2D eigenvalue weighted by Crippen LogP contribution is -2.51. The Hall–Kier alpha value is -1.26. The van der Waals surface area contributed by atoms with E-state index in [1.807, 2.05) is 6.92 Å². The van der Waals surface area contributed by atoms with E-state index in [1.54, 1.807) is 20.8 Å². The normalized spacial score (nSPS) is 25.5. The molecule has 1 heterocycles.